The third kappa shape index (κ3) is 10.0. The zero-order valence-electron chi connectivity index (χ0n) is 30.7. The van der Waals surface area contributed by atoms with E-state index in [1.165, 1.54) is 6.07 Å². The smallest absolute Gasteiger partial charge is 0.252 e. The van der Waals surface area contributed by atoms with Crippen molar-refractivity contribution in [2.75, 3.05) is 54.6 Å². The van der Waals surface area contributed by atoms with Gasteiger partial charge in [-0.15, -0.1) is 12.4 Å². The molecule has 0 unspecified atom stereocenters. The number of H-pyrrole nitrogens is 1. The van der Waals surface area contributed by atoms with Gasteiger partial charge >= 0.3 is 0 Å². The molecular formula is C41H47ClFN5O5. The third-order valence-corrected chi connectivity index (χ3v) is 8.68. The maximum atomic E-state index is 15.1. The predicted molar refractivity (Wildman–Crippen MR) is 211 cm³/mol. The summed E-state index contributed by atoms with van der Waals surface area (Å²) in [4.78, 5) is 27.1. The predicted octanol–water partition coefficient (Wildman–Crippen LogP) is 7.44. The number of aromatic amines is 1. The van der Waals surface area contributed by atoms with Gasteiger partial charge in [0.25, 0.3) is 5.91 Å². The van der Waals surface area contributed by atoms with Gasteiger partial charge < -0.3 is 34.5 Å². The number of halogens is 2. The first-order valence-corrected chi connectivity index (χ1v) is 17.3. The van der Waals surface area contributed by atoms with E-state index >= 15 is 4.39 Å². The maximum Gasteiger partial charge on any atom is 0.252 e. The van der Waals surface area contributed by atoms with Crippen molar-refractivity contribution in [3.8, 4) is 39.5 Å². The maximum absolute atomic E-state index is 15.1. The molecule has 1 atom stereocenters. The largest absolute Gasteiger partial charge is 0.493 e. The second-order valence-electron chi connectivity index (χ2n) is 12.6. The number of rotatable bonds is 13. The molecule has 12 heteroatoms. The van der Waals surface area contributed by atoms with Crippen LogP contribution in [0.4, 0.5) is 4.39 Å². The van der Waals surface area contributed by atoms with E-state index in [-0.39, 0.29) is 36.7 Å². The molecule has 3 N–H and O–H groups in total. The number of benzene rings is 4. The number of nitrogens with one attached hydrogen (secondary N) is 2. The normalized spacial score (nSPS) is 11.8. The lowest BCUT2D eigenvalue weighted by Gasteiger charge is -2.25. The molecule has 4 aromatic carbocycles. The molecule has 0 spiro atoms. The van der Waals surface area contributed by atoms with Gasteiger partial charge in [-0.25, -0.2) is 14.4 Å². The van der Waals surface area contributed by atoms with Crippen LogP contribution in [0.15, 0.2) is 89.0 Å². The summed E-state index contributed by atoms with van der Waals surface area (Å²) in [5.41, 5.74) is 5.26. The summed E-state index contributed by atoms with van der Waals surface area (Å²) in [6.07, 6.45) is 3.38. The number of ether oxygens (including phenoxy) is 3. The number of carbonyl (C=O) groups excluding carboxylic acids is 1. The number of para-hydroxylation sites is 1. The van der Waals surface area contributed by atoms with Crippen LogP contribution in [-0.4, -0.2) is 87.5 Å². The van der Waals surface area contributed by atoms with Gasteiger partial charge in [0.2, 0.25) is 0 Å². The summed E-state index contributed by atoms with van der Waals surface area (Å²) in [5, 5.41) is 14.2. The monoisotopic (exact) mass is 743 g/mol. The Balaban J connectivity index is 0.000000456. The fourth-order valence-corrected chi connectivity index (χ4v) is 6.07. The van der Waals surface area contributed by atoms with Crippen LogP contribution in [0.2, 0.25) is 0 Å². The Bertz CT molecular complexity index is 2060. The Labute approximate surface area is 316 Å². The van der Waals surface area contributed by atoms with E-state index in [9.17, 15) is 9.90 Å². The molecule has 1 aromatic heterocycles. The fraction of sp³-hybridized carbons (Fsp3) is 0.317. The van der Waals surface area contributed by atoms with E-state index in [0.29, 0.717) is 34.8 Å². The van der Waals surface area contributed by atoms with Crippen LogP contribution in [-0.2, 0) is 13.0 Å². The SMILES string of the molecule is CCN=C=NCCCN(C)C.COc1cc2c(cc1OC)-c1cc(C(=O)N[C@@H](CO)Cc3c[nH]c4ccccc34)c(-c3ccccc3F)cc1OC2.Cl. The van der Waals surface area contributed by atoms with E-state index < -0.39 is 17.8 Å². The quantitative estimate of drug-likeness (QED) is 0.0852. The minimum absolute atomic E-state index is 0. The summed E-state index contributed by atoms with van der Waals surface area (Å²) in [5.74, 6) is 0.751. The highest BCUT2D eigenvalue weighted by atomic mass is 35.5. The first kappa shape index (κ1) is 40.6. The first-order chi connectivity index (χ1) is 25.3. The number of aliphatic hydroxyl groups excluding tert-OH is 1. The van der Waals surface area contributed by atoms with Crippen molar-refractivity contribution in [3.05, 3.63) is 102 Å². The highest BCUT2D eigenvalue weighted by Crippen LogP contribution is 2.45. The molecule has 0 bridgehead atoms. The number of fused-ring (bicyclic) bond motifs is 4. The lowest BCUT2D eigenvalue weighted by molar-refractivity contribution is 0.0917. The summed E-state index contributed by atoms with van der Waals surface area (Å²) in [7, 11) is 7.25. The second-order valence-corrected chi connectivity index (χ2v) is 12.6. The topological polar surface area (TPSA) is 121 Å². The van der Waals surface area contributed by atoms with Crippen LogP contribution in [0, 0.1) is 5.82 Å². The minimum Gasteiger partial charge on any atom is -0.493 e. The van der Waals surface area contributed by atoms with Crippen LogP contribution in [0.25, 0.3) is 33.2 Å². The van der Waals surface area contributed by atoms with E-state index in [1.54, 1.807) is 44.6 Å². The highest BCUT2D eigenvalue weighted by Gasteiger charge is 2.27. The number of aliphatic hydroxyl groups is 1. The Morgan fingerprint density at radius 1 is 1.00 bits per heavy atom. The Kier molecular flexibility index (Phi) is 15.0. The van der Waals surface area contributed by atoms with Gasteiger partial charge in [0.1, 0.15) is 18.2 Å². The zero-order chi connectivity index (χ0) is 37.0. The van der Waals surface area contributed by atoms with E-state index in [1.807, 2.05) is 49.5 Å². The molecule has 10 nitrogen and oxygen atoms in total. The van der Waals surface area contributed by atoms with Crippen molar-refractivity contribution in [1.82, 2.24) is 15.2 Å². The number of aromatic nitrogens is 1. The number of hydrogen-bond donors (Lipinski definition) is 3. The average molecular weight is 744 g/mol. The van der Waals surface area contributed by atoms with Gasteiger partial charge in [0.05, 0.1) is 39.4 Å². The van der Waals surface area contributed by atoms with Crippen molar-refractivity contribution in [2.45, 2.75) is 32.4 Å². The van der Waals surface area contributed by atoms with Gasteiger partial charge in [-0.05, 0) is 87.9 Å². The molecular weight excluding hydrogens is 697 g/mol. The fourth-order valence-electron chi connectivity index (χ4n) is 6.07. The van der Waals surface area contributed by atoms with E-state index in [0.717, 1.165) is 53.6 Å². The number of aliphatic imine (C=N–C) groups is 2. The van der Waals surface area contributed by atoms with Crippen molar-refractivity contribution in [3.63, 3.8) is 0 Å². The third-order valence-electron chi connectivity index (χ3n) is 8.68. The Hall–Kier alpha value is -5.19. The van der Waals surface area contributed by atoms with Gasteiger partial charge in [-0.1, -0.05) is 36.4 Å². The van der Waals surface area contributed by atoms with Crippen molar-refractivity contribution in [2.24, 2.45) is 9.98 Å². The van der Waals surface area contributed by atoms with E-state index in [2.05, 4.69) is 45.3 Å². The molecule has 0 aliphatic carbocycles. The second kappa shape index (κ2) is 19.6. The summed E-state index contributed by atoms with van der Waals surface area (Å²) in [6, 6.07) is 23.4. The number of hydrogen-bond acceptors (Lipinski definition) is 8. The molecule has 0 fully saturated rings. The molecule has 1 aliphatic heterocycles. The van der Waals surface area contributed by atoms with Crippen LogP contribution >= 0.6 is 12.4 Å². The molecule has 1 amide bonds. The van der Waals surface area contributed by atoms with Crippen molar-refractivity contribution in [1.29, 1.82) is 0 Å². The van der Waals surface area contributed by atoms with E-state index in [4.69, 9.17) is 14.2 Å². The molecule has 53 heavy (non-hydrogen) atoms. The molecule has 0 radical (unpaired) electrons. The van der Waals surface area contributed by atoms with Crippen LogP contribution in [0.5, 0.6) is 17.2 Å². The summed E-state index contributed by atoms with van der Waals surface area (Å²) >= 11 is 0. The van der Waals surface area contributed by atoms with Crippen LogP contribution in [0.1, 0.15) is 34.8 Å². The number of amides is 1. The summed E-state index contributed by atoms with van der Waals surface area (Å²) < 4.78 is 32.1. The van der Waals surface area contributed by atoms with Gasteiger partial charge in [-0.3, -0.25) is 4.79 Å². The molecule has 1 aliphatic rings. The summed E-state index contributed by atoms with van der Waals surface area (Å²) in [6.45, 7) is 4.68. The van der Waals surface area contributed by atoms with Crippen LogP contribution < -0.4 is 19.5 Å². The average Bonchev–Trinajstić information content (AvgIpc) is 3.57. The van der Waals surface area contributed by atoms with Crippen molar-refractivity contribution >= 4 is 35.2 Å². The standard InChI is InChI=1S/C33H29FN2O5.C8H17N3.ClH/c1-39-31-12-20-18-41-30-15-25(23-8-3-5-9-28(23)34)27(13-26(30)24(20)14-32(31)40-2)33(38)36-21(17-37)11-19-16-35-29-10-6-4-7-22(19)29;1-4-9-8-10-6-5-7-11(2)3;/h3-10,12-16,21,35,37H,11,17-18H2,1-2H3,(H,36,38);4-7H2,1-3H3;1H/t21-;;/m1../s1. The Morgan fingerprint density at radius 3 is 2.45 bits per heavy atom. The Morgan fingerprint density at radius 2 is 1.74 bits per heavy atom. The molecule has 6 rings (SSSR count). The number of nitrogens with zero attached hydrogens (tertiary/aromatic N) is 3. The van der Waals surface area contributed by atoms with Gasteiger partial charge in [-0.2, -0.15) is 0 Å². The number of methoxy groups -OCH3 is 2. The first-order valence-electron chi connectivity index (χ1n) is 17.3. The minimum atomic E-state index is -0.570. The molecule has 5 aromatic rings. The van der Waals surface area contributed by atoms with Crippen LogP contribution in [0.3, 0.4) is 0 Å². The highest BCUT2D eigenvalue weighted by molar-refractivity contribution is 6.03. The zero-order valence-corrected chi connectivity index (χ0v) is 31.6. The lowest BCUT2D eigenvalue weighted by Crippen LogP contribution is -2.39. The molecule has 2 heterocycles. The molecule has 280 valence electrons. The lowest BCUT2D eigenvalue weighted by atomic mass is 9.90. The molecule has 0 saturated carbocycles. The number of carbonyl (C=O) groups is 1. The van der Waals surface area contributed by atoms with Gasteiger partial charge in [0, 0.05) is 51.5 Å². The molecule has 0 saturated heterocycles. The van der Waals surface area contributed by atoms with Crippen molar-refractivity contribution < 1.29 is 28.5 Å². The van der Waals surface area contributed by atoms with Gasteiger partial charge in [0.15, 0.2) is 11.5 Å².